The van der Waals surface area contributed by atoms with Crippen LogP contribution < -0.4 is 10.2 Å². The second kappa shape index (κ2) is 7.41. The summed E-state index contributed by atoms with van der Waals surface area (Å²) in [6.07, 6.45) is 1.68. The average molecular weight is 350 g/mol. The van der Waals surface area contributed by atoms with E-state index in [9.17, 15) is 4.79 Å². The molecular formula is C15H16ClN5O3. The minimum absolute atomic E-state index is 0.0548. The zero-order chi connectivity index (χ0) is 16.9. The van der Waals surface area contributed by atoms with Crippen molar-refractivity contribution in [3.8, 4) is 0 Å². The number of rotatable bonds is 4. The van der Waals surface area contributed by atoms with E-state index in [1.54, 1.807) is 6.20 Å². The highest BCUT2D eigenvalue weighted by Gasteiger charge is 2.16. The van der Waals surface area contributed by atoms with Crippen molar-refractivity contribution in [3.05, 3.63) is 35.2 Å². The van der Waals surface area contributed by atoms with E-state index < -0.39 is 5.97 Å². The maximum Gasteiger partial charge on any atom is 0.360 e. The van der Waals surface area contributed by atoms with Crippen molar-refractivity contribution in [2.75, 3.05) is 43.6 Å². The number of nitrogens with zero attached hydrogens (tertiary/aromatic N) is 4. The molecule has 3 rings (SSSR count). The Kier molecular flexibility index (Phi) is 5.07. The number of esters is 1. The van der Waals surface area contributed by atoms with Crippen LogP contribution in [0.5, 0.6) is 0 Å². The number of carbonyl (C=O) groups excluding carboxylic acids is 1. The predicted octanol–water partition coefficient (Wildman–Crippen LogP) is 1.89. The summed E-state index contributed by atoms with van der Waals surface area (Å²) in [6, 6.07) is 5.28. The summed E-state index contributed by atoms with van der Waals surface area (Å²) < 4.78 is 10.0. The van der Waals surface area contributed by atoms with E-state index in [-0.39, 0.29) is 10.8 Å². The van der Waals surface area contributed by atoms with Crippen LogP contribution in [-0.4, -0.2) is 54.6 Å². The molecule has 0 aromatic carbocycles. The summed E-state index contributed by atoms with van der Waals surface area (Å²) >= 11 is 5.86. The van der Waals surface area contributed by atoms with Gasteiger partial charge in [-0.3, -0.25) is 0 Å². The largest absolute Gasteiger partial charge is 0.464 e. The number of aromatic nitrogens is 3. The van der Waals surface area contributed by atoms with E-state index in [4.69, 9.17) is 21.1 Å². The Bertz CT molecular complexity index is 720. The quantitative estimate of drug-likeness (QED) is 0.837. The van der Waals surface area contributed by atoms with E-state index in [1.165, 1.54) is 13.2 Å². The summed E-state index contributed by atoms with van der Waals surface area (Å²) in [7, 11) is 1.28. The van der Waals surface area contributed by atoms with Crippen LogP contribution in [0.25, 0.3) is 0 Å². The minimum Gasteiger partial charge on any atom is -0.464 e. The Balaban J connectivity index is 1.78. The number of nitrogens with one attached hydrogen (secondary N) is 1. The van der Waals surface area contributed by atoms with Gasteiger partial charge in [-0.1, -0.05) is 11.6 Å². The molecule has 1 N–H and O–H groups in total. The lowest BCUT2D eigenvalue weighted by Gasteiger charge is -2.27. The van der Waals surface area contributed by atoms with Gasteiger partial charge in [-0.2, -0.15) is 0 Å². The predicted molar refractivity (Wildman–Crippen MR) is 88.9 cm³/mol. The number of anilines is 3. The van der Waals surface area contributed by atoms with Crippen molar-refractivity contribution in [3.63, 3.8) is 0 Å². The molecule has 0 amide bonds. The van der Waals surface area contributed by atoms with Gasteiger partial charge in [0.1, 0.15) is 5.82 Å². The molecule has 0 atom stereocenters. The molecule has 8 nitrogen and oxygen atoms in total. The third-order valence-electron chi connectivity index (χ3n) is 3.50. The molecule has 0 spiro atoms. The fourth-order valence-corrected chi connectivity index (χ4v) is 2.45. The van der Waals surface area contributed by atoms with Gasteiger partial charge >= 0.3 is 5.97 Å². The van der Waals surface area contributed by atoms with E-state index in [2.05, 4.69) is 25.4 Å². The molecule has 1 saturated heterocycles. The first-order valence-corrected chi connectivity index (χ1v) is 7.72. The fraction of sp³-hybridized carbons (Fsp3) is 0.333. The van der Waals surface area contributed by atoms with Crippen LogP contribution in [-0.2, 0) is 9.47 Å². The molecule has 1 aliphatic rings. The first kappa shape index (κ1) is 16.4. The van der Waals surface area contributed by atoms with Crippen LogP contribution in [0.3, 0.4) is 0 Å². The van der Waals surface area contributed by atoms with Crippen LogP contribution in [0.15, 0.2) is 24.4 Å². The molecule has 0 radical (unpaired) electrons. The van der Waals surface area contributed by atoms with Gasteiger partial charge in [0.15, 0.2) is 10.8 Å². The summed E-state index contributed by atoms with van der Waals surface area (Å²) in [6.45, 7) is 3.03. The molecule has 0 unspecified atom stereocenters. The van der Waals surface area contributed by atoms with Gasteiger partial charge in [0, 0.05) is 19.2 Å². The molecule has 0 bridgehead atoms. The average Bonchev–Trinajstić information content (AvgIpc) is 2.63. The number of methoxy groups -OCH3 is 1. The summed E-state index contributed by atoms with van der Waals surface area (Å²) in [5, 5.41) is 10.7. The number of carbonyl (C=O) groups is 1. The maximum absolute atomic E-state index is 11.8. The van der Waals surface area contributed by atoms with Crippen molar-refractivity contribution in [2.45, 2.75) is 0 Å². The Labute approximate surface area is 143 Å². The Morgan fingerprint density at radius 2 is 2.12 bits per heavy atom. The number of halogens is 1. The highest BCUT2D eigenvalue weighted by Crippen LogP contribution is 2.23. The van der Waals surface area contributed by atoms with Crippen LogP contribution in [0.4, 0.5) is 17.2 Å². The Morgan fingerprint density at radius 3 is 2.79 bits per heavy atom. The first-order chi connectivity index (χ1) is 11.7. The Morgan fingerprint density at radius 1 is 1.33 bits per heavy atom. The van der Waals surface area contributed by atoms with Gasteiger partial charge < -0.3 is 19.7 Å². The second-order valence-electron chi connectivity index (χ2n) is 5.05. The van der Waals surface area contributed by atoms with Gasteiger partial charge in [0.2, 0.25) is 0 Å². The standard InChI is InChI=1S/C15H16ClN5O3/c1-23-15(22)14-11(8-12(16)19-20-14)18-10-2-3-13(17-9-10)21-4-6-24-7-5-21/h2-3,8-9H,4-7H2,1H3,(H,18,19). The zero-order valence-electron chi connectivity index (χ0n) is 13.0. The summed E-state index contributed by atoms with van der Waals surface area (Å²) in [5.41, 5.74) is 1.16. The van der Waals surface area contributed by atoms with Gasteiger partial charge in [-0.15, -0.1) is 10.2 Å². The molecule has 0 saturated carbocycles. The third-order valence-corrected chi connectivity index (χ3v) is 3.69. The van der Waals surface area contributed by atoms with Crippen LogP contribution in [0.2, 0.25) is 5.15 Å². The van der Waals surface area contributed by atoms with Gasteiger partial charge in [-0.25, -0.2) is 9.78 Å². The molecular weight excluding hydrogens is 334 g/mol. The van der Waals surface area contributed by atoms with Crippen molar-refractivity contribution in [1.29, 1.82) is 0 Å². The molecule has 2 aromatic rings. The molecule has 9 heteroatoms. The zero-order valence-corrected chi connectivity index (χ0v) is 13.8. The van der Waals surface area contributed by atoms with Crippen LogP contribution in [0.1, 0.15) is 10.5 Å². The molecule has 0 aliphatic carbocycles. The topological polar surface area (TPSA) is 89.5 Å². The van der Waals surface area contributed by atoms with E-state index in [0.717, 1.165) is 18.9 Å². The van der Waals surface area contributed by atoms with E-state index >= 15 is 0 Å². The van der Waals surface area contributed by atoms with E-state index in [1.807, 2.05) is 12.1 Å². The van der Waals surface area contributed by atoms with E-state index in [0.29, 0.717) is 24.6 Å². The molecule has 3 heterocycles. The van der Waals surface area contributed by atoms with Crippen molar-refractivity contribution >= 4 is 34.8 Å². The van der Waals surface area contributed by atoms with Crippen LogP contribution >= 0.6 is 11.6 Å². The SMILES string of the molecule is COC(=O)c1nnc(Cl)cc1Nc1ccc(N2CCOCC2)nc1. The molecule has 2 aromatic heterocycles. The molecule has 126 valence electrons. The lowest BCUT2D eigenvalue weighted by atomic mass is 10.3. The lowest BCUT2D eigenvalue weighted by molar-refractivity contribution is 0.0594. The number of pyridine rings is 1. The van der Waals surface area contributed by atoms with Gasteiger partial charge in [0.05, 0.1) is 37.9 Å². The fourth-order valence-electron chi connectivity index (χ4n) is 2.31. The first-order valence-electron chi connectivity index (χ1n) is 7.34. The summed E-state index contributed by atoms with van der Waals surface area (Å²) in [5.74, 6) is 0.280. The smallest absolute Gasteiger partial charge is 0.360 e. The second-order valence-corrected chi connectivity index (χ2v) is 5.44. The molecule has 1 fully saturated rings. The highest BCUT2D eigenvalue weighted by molar-refractivity contribution is 6.29. The third kappa shape index (κ3) is 3.72. The normalized spacial score (nSPS) is 14.3. The van der Waals surface area contributed by atoms with Crippen molar-refractivity contribution < 1.29 is 14.3 Å². The van der Waals surface area contributed by atoms with Gasteiger partial charge in [-0.05, 0) is 12.1 Å². The maximum atomic E-state index is 11.8. The number of ether oxygens (including phenoxy) is 2. The highest BCUT2D eigenvalue weighted by atomic mass is 35.5. The summed E-state index contributed by atoms with van der Waals surface area (Å²) in [4.78, 5) is 18.3. The monoisotopic (exact) mass is 349 g/mol. The van der Waals surface area contributed by atoms with Crippen LogP contribution in [0, 0.1) is 0 Å². The number of hydrogen-bond acceptors (Lipinski definition) is 8. The number of hydrogen-bond donors (Lipinski definition) is 1. The van der Waals surface area contributed by atoms with Crippen molar-refractivity contribution in [2.24, 2.45) is 0 Å². The molecule has 1 aliphatic heterocycles. The number of morpholine rings is 1. The Hall–Kier alpha value is -2.45. The lowest BCUT2D eigenvalue weighted by Crippen LogP contribution is -2.36. The van der Waals surface area contributed by atoms with Gasteiger partial charge in [0.25, 0.3) is 0 Å². The van der Waals surface area contributed by atoms with Crippen molar-refractivity contribution in [1.82, 2.24) is 15.2 Å². The minimum atomic E-state index is -0.598. The molecule has 24 heavy (non-hydrogen) atoms.